The highest BCUT2D eigenvalue weighted by molar-refractivity contribution is 7.94. The van der Waals surface area contributed by atoms with Crippen molar-refractivity contribution in [3.63, 3.8) is 0 Å². The zero-order valence-electron chi connectivity index (χ0n) is 14.4. The molecule has 26 heavy (non-hydrogen) atoms. The number of carbonyl (C=O) groups excluding carboxylic acids is 1. The number of rotatable bonds is 3. The van der Waals surface area contributed by atoms with Gasteiger partial charge in [-0.15, -0.1) is 4.31 Å². The molecule has 3 aliphatic heterocycles. The molecule has 4 heterocycles. The minimum Gasteiger partial charge on any atom is -0.598 e. The van der Waals surface area contributed by atoms with Gasteiger partial charge in [-0.25, -0.2) is 9.97 Å². The van der Waals surface area contributed by atoms with Crippen LogP contribution in [0.3, 0.4) is 0 Å². The average Bonchev–Trinajstić information content (AvgIpc) is 3.22. The normalized spacial score (nSPS) is 28.3. The molecule has 0 saturated carbocycles. The molecule has 3 unspecified atom stereocenters. The summed E-state index contributed by atoms with van der Waals surface area (Å²) >= 11 is 0. The van der Waals surface area contributed by atoms with Crippen LogP contribution >= 0.6 is 0 Å². The van der Waals surface area contributed by atoms with E-state index in [0.29, 0.717) is 37.8 Å². The van der Waals surface area contributed by atoms with Crippen LogP contribution < -0.4 is 4.90 Å². The number of oxime groups is 1. The van der Waals surface area contributed by atoms with Crippen molar-refractivity contribution in [2.24, 2.45) is 11.1 Å². The van der Waals surface area contributed by atoms with Crippen molar-refractivity contribution in [2.75, 3.05) is 50.4 Å². The third kappa shape index (κ3) is 3.17. The summed E-state index contributed by atoms with van der Waals surface area (Å²) in [4.78, 5) is 30.4. The monoisotopic (exact) mass is 380 g/mol. The van der Waals surface area contributed by atoms with E-state index in [1.54, 1.807) is 23.4 Å². The maximum Gasteiger partial charge on any atom is 0.272 e. The van der Waals surface area contributed by atoms with Gasteiger partial charge in [-0.1, -0.05) is 9.36 Å². The van der Waals surface area contributed by atoms with E-state index in [-0.39, 0.29) is 31.0 Å². The first-order valence-electron chi connectivity index (χ1n) is 8.43. The van der Waals surface area contributed by atoms with E-state index in [9.17, 15) is 13.6 Å². The number of fused-ring (bicyclic) bond motifs is 1. The first-order chi connectivity index (χ1) is 12.4. The number of hydrogen-bond donors (Lipinski definition) is 0. The number of nitrogens with zero attached hydrogens (tertiary/aromatic N) is 6. The van der Waals surface area contributed by atoms with Gasteiger partial charge in [0.05, 0.1) is 19.0 Å². The lowest BCUT2D eigenvalue weighted by Crippen LogP contribution is -2.52. The fourth-order valence-corrected chi connectivity index (χ4v) is 4.34. The minimum atomic E-state index is -3.30. The molecular formula is C15H20N6O4S. The summed E-state index contributed by atoms with van der Waals surface area (Å²) in [6.45, 7) is 2.81. The van der Waals surface area contributed by atoms with Crippen molar-refractivity contribution in [1.82, 2.24) is 19.2 Å². The molecule has 0 spiro atoms. The number of carbonyl (C=O) groups is 1. The third-order valence-electron chi connectivity index (χ3n) is 4.96. The third-order valence-corrected chi connectivity index (χ3v) is 6.20. The Morgan fingerprint density at radius 2 is 1.92 bits per heavy atom. The zero-order chi connectivity index (χ0) is 18.3. The summed E-state index contributed by atoms with van der Waals surface area (Å²) in [5, 5.41) is 3.95. The molecule has 1 aromatic heterocycles. The van der Waals surface area contributed by atoms with E-state index in [4.69, 9.17) is 4.84 Å². The highest BCUT2D eigenvalue weighted by atomic mass is 32.3. The molecule has 10 nitrogen and oxygen atoms in total. The van der Waals surface area contributed by atoms with Crippen molar-refractivity contribution < 1.29 is 18.4 Å². The molecule has 11 heteroatoms. The van der Waals surface area contributed by atoms with Crippen LogP contribution in [-0.4, -0.2) is 87.0 Å². The molecule has 2 fully saturated rings. The van der Waals surface area contributed by atoms with Gasteiger partial charge in [0.15, 0.2) is 11.8 Å². The van der Waals surface area contributed by atoms with E-state index in [1.807, 2.05) is 4.90 Å². The van der Waals surface area contributed by atoms with Crippen LogP contribution in [0.5, 0.6) is 0 Å². The molecule has 0 bridgehead atoms. The van der Waals surface area contributed by atoms with Crippen molar-refractivity contribution in [1.29, 1.82) is 0 Å². The van der Waals surface area contributed by atoms with Crippen LogP contribution in [-0.2, 0) is 24.2 Å². The van der Waals surface area contributed by atoms with E-state index in [2.05, 4.69) is 15.1 Å². The first-order valence-corrected chi connectivity index (χ1v) is 10.3. The quantitative estimate of drug-likeness (QED) is 0.617. The summed E-state index contributed by atoms with van der Waals surface area (Å²) in [6, 6.07) is 1.76. The molecule has 1 amide bonds. The molecule has 3 atom stereocenters. The lowest BCUT2D eigenvalue weighted by Gasteiger charge is -2.34. The second-order valence-corrected chi connectivity index (χ2v) is 8.62. The van der Waals surface area contributed by atoms with Gasteiger partial charge in [-0.2, -0.15) is 0 Å². The van der Waals surface area contributed by atoms with Crippen LogP contribution in [0.4, 0.5) is 5.95 Å². The number of sulfonamides is 1. The molecule has 0 N–H and O–H groups in total. The zero-order valence-corrected chi connectivity index (χ0v) is 15.2. The second kappa shape index (κ2) is 6.56. The Kier molecular flexibility index (Phi) is 4.37. The summed E-state index contributed by atoms with van der Waals surface area (Å²) in [6.07, 6.45) is 4.18. The first kappa shape index (κ1) is 17.3. The van der Waals surface area contributed by atoms with Crippen LogP contribution in [0, 0.1) is 5.92 Å². The molecule has 3 aliphatic rings. The Balaban J connectivity index is 1.38. The molecule has 0 aliphatic carbocycles. The molecule has 0 aromatic carbocycles. The molecular weight excluding hydrogens is 360 g/mol. The minimum absolute atomic E-state index is 0.179. The van der Waals surface area contributed by atoms with Crippen LogP contribution in [0.15, 0.2) is 23.6 Å². The van der Waals surface area contributed by atoms with Gasteiger partial charge in [0.1, 0.15) is 16.7 Å². The fourth-order valence-electron chi connectivity index (χ4n) is 3.50. The van der Waals surface area contributed by atoms with Gasteiger partial charge < -0.3 is 19.2 Å². The molecule has 2 saturated heterocycles. The van der Waals surface area contributed by atoms with Gasteiger partial charge in [-0.3, -0.25) is 4.79 Å². The van der Waals surface area contributed by atoms with Crippen molar-refractivity contribution in [2.45, 2.75) is 6.10 Å². The number of aromatic nitrogens is 2. The van der Waals surface area contributed by atoms with Gasteiger partial charge in [0.2, 0.25) is 5.95 Å². The van der Waals surface area contributed by atoms with Crippen molar-refractivity contribution in [3.05, 3.63) is 18.5 Å². The number of amides is 1. The van der Waals surface area contributed by atoms with E-state index in [0.717, 1.165) is 6.26 Å². The Bertz CT molecular complexity index is 761. The van der Waals surface area contributed by atoms with Gasteiger partial charge in [-0.05, 0) is 6.07 Å². The van der Waals surface area contributed by atoms with Crippen LogP contribution in [0.2, 0.25) is 0 Å². The Morgan fingerprint density at radius 3 is 2.58 bits per heavy atom. The maximum absolute atomic E-state index is 12.8. The summed E-state index contributed by atoms with van der Waals surface area (Å²) in [5.74, 6) is 0.176. The highest BCUT2D eigenvalue weighted by Crippen LogP contribution is 2.30. The summed E-state index contributed by atoms with van der Waals surface area (Å²) in [7, 11) is -3.30. The maximum atomic E-state index is 12.8. The van der Waals surface area contributed by atoms with Crippen LogP contribution in [0.25, 0.3) is 0 Å². The predicted molar refractivity (Wildman–Crippen MR) is 92.9 cm³/mol. The van der Waals surface area contributed by atoms with Gasteiger partial charge in [0, 0.05) is 38.6 Å². The molecule has 1 aromatic rings. The van der Waals surface area contributed by atoms with E-state index in [1.165, 1.54) is 4.31 Å². The van der Waals surface area contributed by atoms with E-state index < -0.39 is 10.4 Å². The Labute approximate surface area is 152 Å². The molecule has 140 valence electrons. The second-order valence-electron chi connectivity index (χ2n) is 6.63. The van der Waals surface area contributed by atoms with Gasteiger partial charge >= 0.3 is 0 Å². The Hall–Kier alpha value is -2.11. The predicted octanol–water partition coefficient (Wildman–Crippen LogP) is -1.01. The highest BCUT2D eigenvalue weighted by Gasteiger charge is 2.50. The Morgan fingerprint density at radius 1 is 1.23 bits per heavy atom. The lowest BCUT2D eigenvalue weighted by atomic mass is 9.99. The van der Waals surface area contributed by atoms with Crippen molar-refractivity contribution >= 4 is 28.0 Å². The number of hydrogen-bond acceptors (Lipinski definition) is 8. The molecule has 4 rings (SSSR count). The lowest BCUT2D eigenvalue weighted by molar-refractivity contribution is -0.124. The largest absolute Gasteiger partial charge is 0.598 e. The smallest absolute Gasteiger partial charge is 0.272 e. The summed E-state index contributed by atoms with van der Waals surface area (Å²) in [5.41, 5.74) is 0.325. The van der Waals surface area contributed by atoms with Crippen LogP contribution in [0.1, 0.15) is 0 Å². The number of anilines is 1. The van der Waals surface area contributed by atoms with Crippen molar-refractivity contribution in [3.8, 4) is 0 Å². The van der Waals surface area contributed by atoms with Gasteiger partial charge in [0.25, 0.3) is 5.91 Å². The average molecular weight is 380 g/mol. The van der Waals surface area contributed by atoms with E-state index >= 15 is 0 Å². The fraction of sp³-hybridized carbons (Fsp3) is 0.600. The SMILES string of the molecule is C[S+](=O)([O-])N1CC2ON=C(C(=O)N3CCN(c4ncccn4)CC3)C2C1. The summed E-state index contributed by atoms with van der Waals surface area (Å²) < 4.78 is 24.8. The topological polar surface area (TPSA) is 114 Å². The number of piperazine rings is 1. The molecule has 0 radical (unpaired) electrons. The standard InChI is InChI=1S/C15H20N6O4S/c1-26(23,24)21-9-11-12(10-21)25-18-13(11)14(22)19-5-7-20(8-6-19)15-16-3-2-4-17-15/h2-4,11-12H,5-10H2,1H3.